The highest BCUT2D eigenvalue weighted by Crippen LogP contribution is 2.55. The smallest absolute Gasteiger partial charge is 0.254 e. The van der Waals surface area contributed by atoms with Gasteiger partial charge in [0, 0.05) is 30.4 Å². The van der Waals surface area contributed by atoms with Gasteiger partial charge in [0.15, 0.2) is 0 Å². The summed E-state index contributed by atoms with van der Waals surface area (Å²) in [6.45, 7) is 0.157. The quantitative estimate of drug-likeness (QED) is 0.928. The van der Waals surface area contributed by atoms with Crippen molar-refractivity contribution in [3.63, 3.8) is 0 Å². The Bertz CT molecular complexity index is 706. The number of primary amides is 1. The largest absolute Gasteiger partial charge is 0.368 e. The lowest BCUT2D eigenvalue weighted by Gasteiger charge is -2.34. The molecule has 1 heterocycles. The van der Waals surface area contributed by atoms with Gasteiger partial charge in [-0.3, -0.25) is 9.59 Å². The molecule has 1 spiro atoms. The number of nitrogens with two attached hydrogens (primary N) is 1. The minimum atomic E-state index is -0.978. The van der Waals surface area contributed by atoms with E-state index in [0.29, 0.717) is 29.7 Å². The highest BCUT2D eigenvalue weighted by Gasteiger charge is 2.54. The molecule has 0 bridgehead atoms. The molecule has 2 fully saturated rings. The molecule has 2 aliphatic carbocycles. The summed E-state index contributed by atoms with van der Waals surface area (Å²) in [6.07, 6.45) is 0.914. The zero-order valence-electron chi connectivity index (χ0n) is 11.9. The van der Waals surface area contributed by atoms with Crippen LogP contribution < -0.4 is 5.73 Å². The van der Waals surface area contributed by atoms with Crippen molar-refractivity contribution in [2.75, 3.05) is 13.1 Å². The van der Waals surface area contributed by atoms with Crippen molar-refractivity contribution in [2.24, 2.45) is 5.73 Å². The molecule has 1 unspecified atom stereocenters. The van der Waals surface area contributed by atoms with Gasteiger partial charge in [-0.2, -0.15) is 0 Å². The Kier molecular flexibility index (Phi) is 3.46. The van der Waals surface area contributed by atoms with E-state index in [0.717, 1.165) is 12.8 Å². The average molecular weight is 324 g/mol. The van der Waals surface area contributed by atoms with Crippen molar-refractivity contribution in [1.29, 1.82) is 0 Å². The van der Waals surface area contributed by atoms with Crippen LogP contribution in [0, 0.1) is 5.82 Å². The van der Waals surface area contributed by atoms with Gasteiger partial charge >= 0.3 is 0 Å². The Balaban J connectivity index is 0.00000104. The van der Waals surface area contributed by atoms with E-state index in [1.807, 2.05) is 0 Å². The standard InChI is InChI=1S/C16H16F2N2O2.CH4.H2/c17-11-5-10(11)8-1-2-9-13(14(8)18)16(3-4-16)7-20(15(9)22)6-12(19)21;;/h1-2,10-11H,3-7H2,(H2,19,21);1H4;1H/t10-,11?;;/m1../s1. The lowest BCUT2D eigenvalue weighted by atomic mass is 9.84. The Morgan fingerprint density at radius 3 is 2.61 bits per heavy atom. The molecule has 23 heavy (non-hydrogen) atoms. The molecule has 1 aliphatic heterocycles. The molecule has 1 aromatic rings. The topological polar surface area (TPSA) is 63.4 Å². The van der Waals surface area contributed by atoms with Gasteiger partial charge in [-0.25, -0.2) is 8.78 Å². The summed E-state index contributed by atoms with van der Waals surface area (Å²) in [5.74, 6) is -1.75. The molecular formula is C17H22F2N2O2. The predicted octanol–water partition coefficient (Wildman–Crippen LogP) is 2.51. The molecule has 2 N–H and O–H groups in total. The first-order chi connectivity index (χ1) is 10.4. The minimum Gasteiger partial charge on any atom is -0.368 e. The first-order valence-electron chi connectivity index (χ1n) is 7.47. The maximum Gasteiger partial charge on any atom is 0.254 e. The van der Waals surface area contributed by atoms with Crippen LogP contribution in [0.4, 0.5) is 8.78 Å². The highest BCUT2D eigenvalue weighted by molar-refractivity contribution is 5.99. The van der Waals surface area contributed by atoms with Crippen molar-refractivity contribution >= 4 is 11.8 Å². The second kappa shape index (κ2) is 5.01. The summed E-state index contributed by atoms with van der Waals surface area (Å²) in [7, 11) is 0. The van der Waals surface area contributed by atoms with Crippen LogP contribution in [-0.2, 0) is 10.2 Å². The van der Waals surface area contributed by atoms with Crippen LogP contribution in [0.15, 0.2) is 12.1 Å². The number of hydrogen-bond donors (Lipinski definition) is 1. The van der Waals surface area contributed by atoms with Gasteiger partial charge in [-0.05, 0) is 30.9 Å². The molecule has 4 nitrogen and oxygen atoms in total. The van der Waals surface area contributed by atoms with Crippen LogP contribution in [-0.4, -0.2) is 36.0 Å². The zero-order valence-corrected chi connectivity index (χ0v) is 11.9. The molecule has 2 saturated carbocycles. The lowest BCUT2D eigenvalue weighted by Crippen LogP contribution is -2.47. The van der Waals surface area contributed by atoms with Crippen LogP contribution >= 0.6 is 0 Å². The van der Waals surface area contributed by atoms with Crippen molar-refractivity contribution < 1.29 is 19.8 Å². The molecule has 0 aromatic heterocycles. The van der Waals surface area contributed by atoms with Crippen LogP contribution in [0.5, 0.6) is 0 Å². The number of carbonyl (C=O) groups excluding carboxylic acids is 2. The zero-order chi connectivity index (χ0) is 15.6. The molecule has 3 aliphatic rings. The third-order valence-electron chi connectivity index (χ3n) is 5.03. The van der Waals surface area contributed by atoms with E-state index in [9.17, 15) is 18.4 Å². The Morgan fingerprint density at radius 1 is 1.43 bits per heavy atom. The van der Waals surface area contributed by atoms with E-state index in [1.54, 1.807) is 6.07 Å². The minimum absolute atomic E-state index is 0. The molecule has 0 saturated heterocycles. The van der Waals surface area contributed by atoms with Crippen LogP contribution in [0.3, 0.4) is 0 Å². The number of fused-ring (bicyclic) bond motifs is 2. The molecular weight excluding hydrogens is 302 g/mol. The fourth-order valence-corrected chi connectivity index (χ4v) is 3.62. The van der Waals surface area contributed by atoms with E-state index in [1.165, 1.54) is 11.0 Å². The van der Waals surface area contributed by atoms with E-state index < -0.39 is 23.3 Å². The highest BCUT2D eigenvalue weighted by atomic mass is 19.1. The molecule has 2 atom stereocenters. The molecule has 2 amide bonds. The number of halogens is 2. The van der Waals surface area contributed by atoms with Crippen molar-refractivity contribution in [3.8, 4) is 0 Å². The van der Waals surface area contributed by atoms with Crippen LogP contribution in [0.25, 0.3) is 0 Å². The van der Waals surface area contributed by atoms with Gasteiger partial charge in [-0.15, -0.1) is 0 Å². The SMILES string of the molecule is C.NC(=O)CN1CC2(CC2)c2c(ccc([C@H]3CC3F)c2F)C1=O.[HH]. The summed E-state index contributed by atoms with van der Waals surface area (Å²) in [6, 6.07) is 3.09. The maximum absolute atomic E-state index is 14.9. The first-order valence-corrected chi connectivity index (χ1v) is 7.47. The number of alkyl halides is 1. The second-order valence-electron chi connectivity index (χ2n) is 6.66. The monoisotopic (exact) mass is 324 g/mol. The normalized spacial score (nSPS) is 26.5. The molecule has 6 heteroatoms. The van der Waals surface area contributed by atoms with E-state index >= 15 is 0 Å². The van der Waals surface area contributed by atoms with Crippen LogP contribution in [0.1, 0.15) is 55.5 Å². The first kappa shape index (κ1) is 15.9. The van der Waals surface area contributed by atoms with Gasteiger partial charge in [-0.1, -0.05) is 13.5 Å². The molecule has 0 radical (unpaired) electrons. The molecule has 4 rings (SSSR count). The van der Waals surface area contributed by atoms with Crippen LogP contribution in [0.2, 0.25) is 0 Å². The lowest BCUT2D eigenvalue weighted by molar-refractivity contribution is -0.118. The number of carbonyl (C=O) groups is 2. The van der Waals surface area contributed by atoms with E-state index in [-0.39, 0.29) is 27.2 Å². The summed E-state index contributed by atoms with van der Waals surface area (Å²) < 4.78 is 28.2. The third kappa shape index (κ3) is 2.31. The number of benzene rings is 1. The Hall–Kier alpha value is -1.98. The van der Waals surface area contributed by atoms with Gasteiger partial charge < -0.3 is 10.6 Å². The van der Waals surface area contributed by atoms with Crippen molar-refractivity contribution in [1.82, 2.24) is 4.90 Å². The summed E-state index contributed by atoms with van der Waals surface area (Å²) >= 11 is 0. The fraction of sp³-hybridized carbons (Fsp3) is 0.529. The van der Waals surface area contributed by atoms with E-state index in [2.05, 4.69) is 0 Å². The van der Waals surface area contributed by atoms with Gasteiger partial charge in [0.1, 0.15) is 12.0 Å². The number of rotatable bonds is 3. The molecule has 126 valence electrons. The Labute approximate surface area is 135 Å². The number of hydrogen-bond acceptors (Lipinski definition) is 2. The summed E-state index contributed by atoms with van der Waals surface area (Å²) in [5, 5.41) is 0. The Morgan fingerprint density at radius 2 is 2.09 bits per heavy atom. The van der Waals surface area contributed by atoms with Gasteiger partial charge in [0.05, 0.1) is 6.54 Å². The summed E-state index contributed by atoms with van der Waals surface area (Å²) in [4.78, 5) is 25.0. The van der Waals surface area contributed by atoms with Gasteiger partial charge in [0.2, 0.25) is 5.91 Å². The number of amides is 2. The van der Waals surface area contributed by atoms with Gasteiger partial charge in [0.25, 0.3) is 5.91 Å². The number of nitrogens with zero attached hydrogens (tertiary/aromatic N) is 1. The predicted molar refractivity (Wildman–Crippen MR) is 83.5 cm³/mol. The van der Waals surface area contributed by atoms with Crippen molar-refractivity contribution in [2.45, 2.75) is 44.2 Å². The van der Waals surface area contributed by atoms with Crippen molar-refractivity contribution in [3.05, 3.63) is 34.6 Å². The average Bonchev–Trinajstić information content (AvgIpc) is 3.35. The second-order valence-corrected chi connectivity index (χ2v) is 6.66. The summed E-state index contributed by atoms with van der Waals surface area (Å²) in [5.41, 5.74) is 5.87. The van der Waals surface area contributed by atoms with E-state index in [4.69, 9.17) is 5.73 Å². The maximum atomic E-state index is 14.9. The fourth-order valence-electron chi connectivity index (χ4n) is 3.62. The molecule has 1 aromatic carbocycles. The third-order valence-corrected chi connectivity index (χ3v) is 5.03.